The Hall–Kier alpha value is -2.55. The van der Waals surface area contributed by atoms with Gasteiger partial charge in [0.15, 0.2) is 0 Å². The van der Waals surface area contributed by atoms with Gasteiger partial charge >= 0.3 is 6.18 Å². The second kappa shape index (κ2) is 7.56. The third kappa shape index (κ3) is 4.30. The van der Waals surface area contributed by atoms with Gasteiger partial charge in [-0.2, -0.15) is 13.2 Å². The van der Waals surface area contributed by atoms with Gasteiger partial charge in [-0.1, -0.05) is 18.2 Å². The van der Waals surface area contributed by atoms with E-state index in [1.165, 1.54) is 16.6 Å². The third-order valence-corrected chi connectivity index (χ3v) is 3.85. The van der Waals surface area contributed by atoms with Gasteiger partial charge in [0.05, 0.1) is 0 Å². The van der Waals surface area contributed by atoms with Gasteiger partial charge in [0.2, 0.25) is 5.91 Å². The average Bonchev–Trinajstić information content (AvgIpc) is 2.89. The Bertz CT molecular complexity index is 784. The lowest BCUT2D eigenvalue weighted by molar-refractivity contribution is -0.344. The number of aromatic nitrogens is 1. The zero-order valence-electron chi connectivity index (χ0n) is 13.4. The van der Waals surface area contributed by atoms with E-state index in [2.05, 4.69) is 33.4 Å². The molecule has 2 N–H and O–H groups in total. The minimum absolute atomic E-state index is 0.0455. The first-order valence-corrected chi connectivity index (χ1v) is 7.54. The van der Waals surface area contributed by atoms with Gasteiger partial charge in [0.25, 0.3) is 0 Å². The van der Waals surface area contributed by atoms with E-state index in [0.717, 1.165) is 25.0 Å². The highest BCUT2D eigenvalue weighted by Gasteiger charge is 2.28. The highest BCUT2D eigenvalue weighted by Crippen LogP contribution is 2.28. The van der Waals surface area contributed by atoms with Gasteiger partial charge in [-0.25, -0.2) is 0 Å². The zero-order chi connectivity index (χ0) is 18.6. The van der Waals surface area contributed by atoms with Crippen molar-refractivity contribution < 1.29 is 27.9 Å². The lowest BCUT2D eigenvalue weighted by atomic mass is 10.1. The van der Waals surface area contributed by atoms with E-state index in [9.17, 15) is 18.0 Å². The highest BCUT2D eigenvalue weighted by atomic mass is 19.4. The molecule has 1 aromatic carbocycles. The number of para-hydroxylation sites is 1. The van der Waals surface area contributed by atoms with Crippen LogP contribution >= 0.6 is 0 Å². The molecule has 3 rings (SSSR count). The summed E-state index contributed by atoms with van der Waals surface area (Å²) in [5, 5.41) is 16.2. The molecule has 0 saturated carbocycles. The van der Waals surface area contributed by atoms with E-state index in [-0.39, 0.29) is 5.91 Å². The van der Waals surface area contributed by atoms with Gasteiger partial charge in [0.1, 0.15) is 12.5 Å². The number of nitrogens with one attached hydrogen (secondary N) is 2. The number of carbonyl (C=O) groups excluding carboxylic acids is 2. The summed E-state index contributed by atoms with van der Waals surface area (Å²) in [4.78, 5) is 20.4. The molecule has 0 spiro atoms. The molecule has 1 aliphatic heterocycles. The highest BCUT2D eigenvalue weighted by molar-refractivity contribution is 5.87. The molecule has 0 unspecified atom stereocenters. The number of benzene rings is 1. The number of carboxylic acid groups (broad SMARTS) is 1. The van der Waals surface area contributed by atoms with Crippen molar-refractivity contribution in [2.24, 2.45) is 0 Å². The maximum Gasteiger partial charge on any atom is 0.430 e. The first-order chi connectivity index (χ1) is 11.8. The van der Waals surface area contributed by atoms with Gasteiger partial charge in [-0.15, -0.1) is 0 Å². The van der Waals surface area contributed by atoms with E-state index in [1.807, 2.05) is 6.07 Å². The molecule has 1 aromatic heterocycles. The molecule has 25 heavy (non-hydrogen) atoms. The number of alkyl halides is 3. The van der Waals surface area contributed by atoms with Crippen LogP contribution in [-0.4, -0.2) is 36.2 Å². The van der Waals surface area contributed by atoms with Crippen LogP contribution in [0.5, 0.6) is 0 Å². The smallest absolute Gasteiger partial charge is 0.430 e. The number of fused-ring (bicyclic) bond motifs is 3. The molecule has 0 fully saturated rings. The van der Waals surface area contributed by atoms with Crippen LogP contribution in [0.25, 0.3) is 10.9 Å². The Balaban J connectivity index is 0.000000277. The number of halogens is 3. The van der Waals surface area contributed by atoms with Crippen LogP contribution in [-0.2, 0) is 29.1 Å². The van der Waals surface area contributed by atoms with E-state index in [0.29, 0.717) is 6.54 Å². The molecule has 6 nitrogen and oxygen atoms in total. The molecule has 9 heteroatoms. The van der Waals surface area contributed by atoms with Crippen molar-refractivity contribution in [1.29, 1.82) is 0 Å². The molecule has 0 aliphatic carbocycles. The van der Waals surface area contributed by atoms with Crippen LogP contribution in [0.4, 0.5) is 13.2 Å². The van der Waals surface area contributed by atoms with Crippen molar-refractivity contribution >= 4 is 22.8 Å². The van der Waals surface area contributed by atoms with Crippen molar-refractivity contribution in [3.63, 3.8) is 0 Å². The van der Waals surface area contributed by atoms with Crippen molar-refractivity contribution in [2.75, 3.05) is 13.6 Å². The second-order valence-corrected chi connectivity index (χ2v) is 5.41. The van der Waals surface area contributed by atoms with Crippen molar-refractivity contribution in [2.45, 2.75) is 25.7 Å². The number of carboxylic acids is 1. The predicted molar refractivity (Wildman–Crippen MR) is 82.5 cm³/mol. The van der Waals surface area contributed by atoms with E-state index >= 15 is 0 Å². The van der Waals surface area contributed by atoms with E-state index in [1.54, 1.807) is 7.05 Å². The average molecular weight is 356 g/mol. The lowest BCUT2D eigenvalue weighted by Crippen LogP contribution is -2.37. The summed E-state index contributed by atoms with van der Waals surface area (Å²) in [5.41, 5.74) is 3.81. The van der Waals surface area contributed by atoms with Crippen LogP contribution in [0.3, 0.4) is 0 Å². The number of hydrogen-bond acceptors (Lipinski definition) is 4. The maximum atomic E-state index is 11.7. The second-order valence-electron chi connectivity index (χ2n) is 5.41. The molecule has 1 amide bonds. The standard InChI is InChI=1S/C14H17N3O.C2HF3O2/c1-15-14(18)9-17-12-5-3-2-4-10(12)11-6-7-16-8-13(11)17;3-2(4,5)1(6)7/h2-5,16H,6-9H2,1H3,(H,15,18);(H,6,7)/p-1. The summed E-state index contributed by atoms with van der Waals surface area (Å²) in [5.74, 6) is -2.96. The number of carbonyl (C=O) groups is 2. The summed E-state index contributed by atoms with van der Waals surface area (Å²) in [6.07, 6.45) is -4.16. The number of rotatable bonds is 2. The summed E-state index contributed by atoms with van der Waals surface area (Å²) >= 11 is 0. The fourth-order valence-electron chi connectivity index (χ4n) is 2.73. The third-order valence-electron chi connectivity index (χ3n) is 3.85. The molecule has 0 atom stereocenters. The number of likely N-dealkylation sites (N-methyl/N-ethyl adjacent to an activating group) is 1. The normalized spacial score (nSPS) is 13.6. The summed E-state index contributed by atoms with van der Waals surface area (Å²) in [7, 11) is 1.68. The molecule has 0 bridgehead atoms. The van der Waals surface area contributed by atoms with E-state index in [4.69, 9.17) is 9.90 Å². The van der Waals surface area contributed by atoms with Gasteiger partial charge in [0, 0.05) is 30.2 Å². The molecule has 2 heterocycles. The molecule has 0 saturated heterocycles. The maximum absolute atomic E-state index is 11.7. The minimum Gasteiger partial charge on any atom is -0.542 e. The van der Waals surface area contributed by atoms with Crippen molar-refractivity contribution in [1.82, 2.24) is 15.2 Å². The SMILES string of the molecule is CNC(=O)Cn1c2c(c3ccccc31)CCNC2.O=C([O-])C(F)(F)F. The lowest BCUT2D eigenvalue weighted by Gasteiger charge is -2.16. The molecule has 136 valence electrons. The van der Waals surface area contributed by atoms with Gasteiger partial charge in [-0.05, 0) is 24.6 Å². The molecular weight excluding hydrogens is 339 g/mol. The fourth-order valence-corrected chi connectivity index (χ4v) is 2.73. The molecule has 0 radical (unpaired) electrons. The number of aliphatic carboxylic acids is 1. The molecule has 1 aliphatic rings. The predicted octanol–water partition coefficient (Wildman–Crippen LogP) is 0.332. The summed E-state index contributed by atoms with van der Waals surface area (Å²) in [6.45, 7) is 2.26. The first-order valence-electron chi connectivity index (χ1n) is 7.54. The monoisotopic (exact) mass is 356 g/mol. The van der Waals surface area contributed by atoms with Crippen LogP contribution in [0.15, 0.2) is 24.3 Å². The van der Waals surface area contributed by atoms with Crippen LogP contribution < -0.4 is 15.7 Å². The summed E-state index contributed by atoms with van der Waals surface area (Å²) in [6, 6.07) is 8.34. The Morgan fingerprint density at radius 1 is 1.32 bits per heavy atom. The number of hydrogen-bond donors (Lipinski definition) is 2. The Kier molecular flexibility index (Phi) is 5.68. The fraction of sp³-hybridized carbons (Fsp3) is 0.375. The van der Waals surface area contributed by atoms with Crippen LogP contribution in [0.1, 0.15) is 11.3 Å². The quantitative estimate of drug-likeness (QED) is 0.812. The van der Waals surface area contributed by atoms with Crippen molar-refractivity contribution in [3.05, 3.63) is 35.5 Å². The largest absolute Gasteiger partial charge is 0.542 e. The van der Waals surface area contributed by atoms with Crippen molar-refractivity contribution in [3.8, 4) is 0 Å². The molecule has 2 aromatic rings. The Labute approximate surface area is 141 Å². The molecular formula is C16H17F3N3O3-. The van der Waals surface area contributed by atoms with E-state index < -0.39 is 12.1 Å². The van der Waals surface area contributed by atoms with Crippen LogP contribution in [0.2, 0.25) is 0 Å². The number of nitrogens with zero attached hydrogens (tertiary/aromatic N) is 1. The zero-order valence-corrected chi connectivity index (χ0v) is 13.4. The topological polar surface area (TPSA) is 86.2 Å². The first kappa shape index (κ1) is 18.8. The van der Waals surface area contributed by atoms with Gasteiger partial charge < -0.3 is 25.1 Å². The Morgan fingerprint density at radius 3 is 2.56 bits per heavy atom. The Morgan fingerprint density at radius 2 is 1.96 bits per heavy atom. The van der Waals surface area contributed by atoms with Crippen LogP contribution in [0, 0.1) is 0 Å². The minimum atomic E-state index is -5.19. The summed E-state index contributed by atoms with van der Waals surface area (Å²) < 4.78 is 33.7. The van der Waals surface area contributed by atoms with Gasteiger partial charge in [-0.3, -0.25) is 4.79 Å². The number of amides is 1.